The molecule has 6 aromatic carbocycles. The highest BCUT2D eigenvalue weighted by molar-refractivity contribution is 7.99. The lowest BCUT2D eigenvalue weighted by molar-refractivity contribution is 0.481. The molecule has 0 amide bonds. The van der Waals surface area contributed by atoms with Crippen LogP contribution in [0, 0.1) is 20.8 Å². The zero-order valence-corrected chi connectivity index (χ0v) is 30.1. The Kier molecular flexibility index (Phi) is 7.98. The maximum absolute atomic E-state index is 6.95. The average Bonchev–Trinajstić information content (AvgIpc) is 3.17. The van der Waals surface area contributed by atoms with Crippen molar-refractivity contribution < 1.29 is 4.74 Å². The number of ether oxygens (including phenoxy) is 1. The van der Waals surface area contributed by atoms with E-state index in [0.717, 1.165) is 50.3 Å². The largest absolute Gasteiger partial charge is 0.457 e. The van der Waals surface area contributed by atoms with Gasteiger partial charge in [0.15, 0.2) is 0 Å². The number of fused-ring (bicyclic) bond motifs is 3. The lowest BCUT2D eigenvalue weighted by Gasteiger charge is -2.40. The first-order valence-electron chi connectivity index (χ1n) is 17.6. The number of nitrogens with zero attached hydrogens (tertiary/aromatic N) is 2. The lowest BCUT2D eigenvalue weighted by atomic mass is 9.66. The summed E-state index contributed by atoms with van der Waals surface area (Å²) in [6.07, 6.45) is 3.79. The Hall–Kier alpha value is -5.97. The van der Waals surface area contributed by atoms with Gasteiger partial charge >= 0.3 is 0 Å². The van der Waals surface area contributed by atoms with E-state index in [9.17, 15) is 0 Å². The predicted molar refractivity (Wildman–Crippen MR) is 214 cm³/mol. The van der Waals surface area contributed by atoms with Crippen molar-refractivity contribution in [2.24, 2.45) is 0 Å². The standard InChI is InChI=1S/C48H36N2OS/c1-31-25-32(2)46(33(3)26-31)35-27-36(47-40-16-5-4-13-34(40)22-24-50-47)29-39(28-35)51-38-15-12-14-37(30-38)48(45-21-10-11-23-49-45)41-17-6-8-19-43(41)52-44-20-9-7-18-42(44)48/h4-30H,1-3H3. The summed E-state index contributed by atoms with van der Waals surface area (Å²) in [6, 6.07) is 53.8. The molecule has 0 spiro atoms. The van der Waals surface area contributed by atoms with Crippen LogP contribution in [0.15, 0.2) is 174 Å². The molecule has 0 radical (unpaired) electrons. The number of aryl methyl sites for hydroxylation is 3. The second-order valence-electron chi connectivity index (χ2n) is 13.6. The van der Waals surface area contributed by atoms with E-state index in [4.69, 9.17) is 14.7 Å². The number of hydrogen-bond acceptors (Lipinski definition) is 4. The summed E-state index contributed by atoms with van der Waals surface area (Å²) < 4.78 is 6.95. The lowest BCUT2D eigenvalue weighted by Crippen LogP contribution is -2.34. The monoisotopic (exact) mass is 688 g/mol. The van der Waals surface area contributed by atoms with E-state index >= 15 is 0 Å². The fourth-order valence-corrected chi connectivity index (χ4v) is 9.36. The van der Waals surface area contributed by atoms with Gasteiger partial charge in [0, 0.05) is 33.1 Å². The molecule has 3 nitrogen and oxygen atoms in total. The highest BCUT2D eigenvalue weighted by atomic mass is 32.2. The molecule has 0 saturated carbocycles. The summed E-state index contributed by atoms with van der Waals surface area (Å²) in [5, 5.41) is 2.26. The third-order valence-electron chi connectivity index (χ3n) is 10.2. The van der Waals surface area contributed by atoms with Crippen molar-refractivity contribution in [2.75, 3.05) is 0 Å². The molecule has 250 valence electrons. The van der Waals surface area contributed by atoms with Gasteiger partial charge in [-0.15, -0.1) is 0 Å². The summed E-state index contributed by atoms with van der Waals surface area (Å²) in [7, 11) is 0. The summed E-state index contributed by atoms with van der Waals surface area (Å²) in [5.41, 5.74) is 11.8. The van der Waals surface area contributed by atoms with Gasteiger partial charge in [-0.3, -0.25) is 9.97 Å². The number of rotatable bonds is 6. The third kappa shape index (κ3) is 5.39. The summed E-state index contributed by atoms with van der Waals surface area (Å²) in [4.78, 5) is 12.4. The van der Waals surface area contributed by atoms with E-state index in [1.54, 1.807) is 0 Å². The maximum atomic E-state index is 6.95. The zero-order valence-electron chi connectivity index (χ0n) is 29.3. The fourth-order valence-electron chi connectivity index (χ4n) is 8.17. The normalized spacial score (nSPS) is 13.0. The van der Waals surface area contributed by atoms with E-state index < -0.39 is 5.41 Å². The van der Waals surface area contributed by atoms with Crippen molar-refractivity contribution in [2.45, 2.75) is 36.0 Å². The Morgan fingerprint density at radius 2 is 1.23 bits per heavy atom. The molecule has 0 bridgehead atoms. The van der Waals surface area contributed by atoms with Gasteiger partial charge in [0.2, 0.25) is 0 Å². The molecule has 1 aliphatic heterocycles. The van der Waals surface area contributed by atoms with Gasteiger partial charge in [-0.05, 0) is 126 Å². The van der Waals surface area contributed by atoms with Crippen LogP contribution in [0.4, 0.5) is 0 Å². The number of pyridine rings is 2. The van der Waals surface area contributed by atoms with E-state index in [2.05, 4.69) is 166 Å². The molecule has 1 aliphatic rings. The van der Waals surface area contributed by atoms with Crippen LogP contribution in [0.5, 0.6) is 11.5 Å². The molecule has 0 saturated heterocycles. The summed E-state index contributed by atoms with van der Waals surface area (Å²) >= 11 is 1.82. The van der Waals surface area contributed by atoms with Crippen molar-refractivity contribution >= 4 is 22.5 Å². The number of aromatic nitrogens is 2. The molecular weight excluding hydrogens is 653 g/mol. The molecule has 0 fully saturated rings. The molecule has 0 N–H and O–H groups in total. The molecule has 9 rings (SSSR count). The Balaban J connectivity index is 1.24. The average molecular weight is 689 g/mol. The molecule has 2 aromatic heterocycles. The van der Waals surface area contributed by atoms with Crippen molar-refractivity contribution in [1.29, 1.82) is 0 Å². The minimum atomic E-state index is -0.644. The Morgan fingerprint density at radius 3 is 1.98 bits per heavy atom. The van der Waals surface area contributed by atoms with Gasteiger partial charge in [-0.1, -0.05) is 108 Å². The van der Waals surface area contributed by atoms with Gasteiger partial charge < -0.3 is 4.74 Å². The van der Waals surface area contributed by atoms with Crippen LogP contribution in [-0.4, -0.2) is 9.97 Å². The topological polar surface area (TPSA) is 35.0 Å². The molecule has 8 aromatic rings. The molecule has 3 heterocycles. The molecular formula is C48H36N2OS. The van der Waals surface area contributed by atoms with Crippen molar-refractivity contribution in [3.05, 3.63) is 203 Å². The maximum Gasteiger partial charge on any atom is 0.128 e. The van der Waals surface area contributed by atoms with Crippen molar-refractivity contribution in [3.8, 4) is 33.9 Å². The van der Waals surface area contributed by atoms with Gasteiger partial charge in [0.25, 0.3) is 0 Å². The number of hydrogen-bond donors (Lipinski definition) is 0. The molecule has 0 atom stereocenters. The van der Waals surface area contributed by atoms with E-state index in [-0.39, 0.29) is 0 Å². The van der Waals surface area contributed by atoms with Gasteiger partial charge in [-0.2, -0.15) is 0 Å². The van der Waals surface area contributed by atoms with E-state index in [0.29, 0.717) is 0 Å². The van der Waals surface area contributed by atoms with Crippen LogP contribution in [0.2, 0.25) is 0 Å². The van der Waals surface area contributed by atoms with Crippen LogP contribution in [-0.2, 0) is 5.41 Å². The Labute approximate surface area is 309 Å². The van der Waals surface area contributed by atoms with Gasteiger partial charge in [0.1, 0.15) is 11.5 Å². The zero-order chi connectivity index (χ0) is 35.2. The van der Waals surface area contributed by atoms with Crippen LogP contribution in [0.25, 0.3) is 33.2 Å². The van der Waals surface area contributed by atoms with Gasteiger partial charge in [-0.25, -0.2) is 0 Å². The Bertz CT molecular complexity index is 2560. The van der Waals surface area contributed by atoms with Crippen molar-refractivity contribution in [1.82, 2.24) is 9.97 Å². The quantitative estimate of drug-likeness (QED) is 0.174. The first kappa shape index (κ1) is 32.0. The molecule has 52 heavy (non-hydrogen) atoms. The second-order valence-corrected chi connectivity index (χ2v) is 14.7. The smallest absolute Gasteiger partial charge is 0.128 e. The first-order chi connectivity index (χ1) is 25.5. The molecule has 0 aliphatic carbocycles. The minimum absolute atomic E-state index is 0.644. The highest BCUT2D eigenvalue weighted by Crippen LogP contribution is 2.55. The van der Waals surface area contributed by atoms with Gasteiger partial charge in [0.05, 0.1) is 16.8 Å². The van der Waals surface area contributed by atoms with Crippen LogP contribution >= 0.6 is 11.8 Å². The predicted octanol–water partition coefficient (Wildman–Crippen LogP) is 12.5. The minimum Gasteiger partial charge on any atom is -0.457 e. The van der Waals surface area contributed by atoms with E-state index in [1.165, 1.54) is 43.2 Å². The number of benzene rings is 6. The van der Waals surface area contributed by atoms with E-state index in [1.807, 2.05) is 30.2 Å². The summed E-state index contributed by atoms with van der Waals surface area (Å²) in [6.45, 7) is 6.54. The third-order valence-corrected chi connectivity index (χ3v) is 11.3. The summed E-state index contributed by atoms with van der Waals surface area (Å²) in [5.74, 6) is 1.51. The second kappa shape index (κ2) is 13.0. The van der Waals surface area contributed by atoms with Crippen LogP contribution in [0.3, 0.4) is 0 Å². The fraction of sp³-hybridized carbons (Fsp3) is 0.0833. The molecule has 4 heteroatoms. The SMILES string of the molecule is Cc1cc(C)c(-c2cc(Oc3cccc(C4(c5ccccn5)c5ccccc5Sc5ccccc54)c3)cc(-c3nccc4ccccc34)c2)c(C)c1. The van der Waals surface area contributed by atoms with Crippen LogP contribution < -0.4 is 4.74 Å². The highest BCUT2D eigenvalue weighted by Gasteiger charge is 2.45. The van der Waals surface area contributed by atoms with Crippen molar-refractivity contribution in [3.63, 3.8) is 0 Å². The molecule has 0 unspecified atom stereocenters. The van der Waals surface area contributed by atoms with Crippen LogP contribution in [0.1, 0.15) is 39.1 Å². The first-order valence-corrected chi connectivity index (χ1v) is 18.4. The Morgan fingerprint density at radius 1 is 0.538 bits per heavy atom.